The highest BCUT2D eigenvalue weighted by molar-refractivity contribution is 7.17. The predicted octanol–water partition coefficient (Wildman–Crippen LogP) is 2.75. The van der Waals surface area contributed by atoms with E-state index in [0.717, 1.165) is 17.8 Å². The highest BCUT2D eigenvalue weighted by Crippen LogP contribution is 2.35. The second kappa shape index (κ2) is 5.04. The lowest BCUT2D eigenvalue weighted by Crippen LogP contribution is -2.04. The van der Waals surface area contributed by atoms with E-state index in [1.54, 1.807) is 18.3 Å². The Morgan fingerprint density at radius 2 is 2.15 bits per heavy atom. The summed E-state index contributed by atoms with van der Waals surface area (Å²) in [5.74, 6) is 0.414. The van der Waals surface area contributed by atoms with Gasteiger partial charge in [0.15, 0.2) is 0 Å². The lowest BCUT2D eigenvalue weighted by Gasteiger charge is -2.12. The van der Waals surface area contributed by atoms with Crippen LogP contribution in [0, 0.1) is 0 Å². The van der Waals surface area contributed by atoms with E-state index >= 15 is 0 Å². The van der Waals surface area contributed by atoms with Gasteiger partial charge in [-0.25, -0.2) is 9.97 Å². The topological polar surface area (TPSA) is 49.8 Å². The average Bonchev–Trinajstić information content (AvgIpc) is 2.85. The summed E-state index contributed by atoms with van der Waals surface area (Å²) < 4.78 is 26.5. The van der Waals surface area contributed by atoms with Crippen molar-refractivity contribution in [2.45, 2.75) is 18.8 Å². The Morgan fingerprint density at radius 1 is 1.30 bits per heavy atom. The number of alkyl halides is 2. The molecule has 0 saturated heterocycles. The minimum absolute atomic E-state index is 0.0738. The highest BCUT2D eigenvalue weighted by atomic mass is 31.0. The Morgan fingerprint density at radius 3 is 2.95 bits per heavy atom. The van der Waals surface area contributed by atoms with Gasteiger partial charge in [-0.05, 0) is 12.1 Å². The first-order chi connectivity index (χ1) is 9.52. The number of rotatable bonds is 3. The maximum absolute atomic E-state index is 13.2. The summed E-state index contributed by atoms with van der Waals surface area (Å²) in [4.78, 5) is 8.55. The number of anilines is 2. The molecule has 2 heterocycles. The molecule has 1 aliphatic rings. The summed E-state index contributed by atoms with van der Waals surface area (Å²) in [7, 11) is 1.53. The van der Waals surface area contributed by atoms with Gasteiger partial charge in [-0.2, -0.15) is 8.78 Å². The molecule has 1 unspecified atom stereocenters. The number of fused-ring (bicyclic) bond motifs is 1. The summed E-state index contributed by atoms with van der Waals surface area (Å²) in [6, 6.07) is 6.05. The van der Waals surface area contributed by atoms with Gasteiger partial charge in [0.25, 0.3) is 5.66 Å². The molecule has 1 aromatic carbocycles. The number of nitrogens with one attached hydrogen (secondary N) is 2. The molecule has 2 N–H and O–H groups in total. The molecule has 104 valence electrons. The number of benzene rings is 1. The van der Waals surface area contributed by atoms with Gasteiger partial charge in [0, 0.05) is 36.1 Å². The van der Waals surface area contributed by atoms with Crippen LogP contribution in [0.5, 0.6) is 0 Å². The standard InChI is InChI=1S/C13H13F2N4P/c14-13(15,20)9-2-1-3-10(4-9)18-12-17-6-8-5-16-7-11(8)19-12/h1-4,6,16H,5,7,20H2,(H,17,18,19). The maximum Gasteiger partial charge on any atom is 0.283 e. The molecule has 7 heteroatoms. The quantitative estimate of drug-likeness (QED) is 0.855. The Kier molecular flexibility index (Phi) is 3.36. The van der Waals surface area contributed by atoms with Gasteiger partial charge in [-0.3, -0.25) is 0 Å². The van der Waals surface area contributed by atoms with Crippen LogP contribution >= 0.6 is 9.24 Å². The van der Waals surface area contributed by atoms with Crippen LogP contribution in [0.4, 0.5) is 20.4 Å². The second-order valence-electron chi connectivity index (χ2n) is 4.60. The third-order valence-electron chi connectivity index (χ3n) is 3.07. The van der Waals surface area contributed by atoms with E-state index in [1.807, 2.05) is 0 Å². The van der Waals surface area contributed by atoms with Gasteiger partial charge in [0.05, 0.1) is 5.69 Å². The number of nitrogens with zero attached hydrogens (tertiary/aromatic N) is 2. The average molecular weight is 294 g/mol. The Balaban J connectivity index is 1.84. The first kappa shape index (κ1) is 13.3. The molecule has 0 amide bonds. The Hall–Kier alpha value is -1.65. The molecule has 0 spiro atoms. The first-order valence-electron chi connectivity index (χ1n) is 6.12. The van der Waals surface area contributed by atoms with Crippen molar-refractivity contribution in [2.75, 3.05) is 5.32 Å². The summed E-state index contributed by atoms with van der Waals surface area (Å²) in [5.41, 5.74) is -0.470. The molecule has 2 aromatic rings. The first-order valence-corrected chi connectivity index (χ1v) is 6.70. The van der Waals surface area contributed by atoms with Crippen molar-refractivity contribution in [3.05, 3.63) is 47.3 Å². The second-order valence-corrected chi connectivity index (χ2v) is 5.32. The largest absolute Gasteiger partial charge is 0.324 e. The van der Waals surface area contributed by atoms with Crippen LogP contribution in [-0.4, -0.2) is 9.97 Å². The third kappa shape index (κ3) is 2.76. The summed E-state index contributed by atoms with van der Waals surface area (Å²) in [5, 5.41) is 6.13. The zero-order chi connectivity index (χ0) is 14.2. The number of aromatic nitrogens is 2. The van der Waals surface area contributed by atoms with Crippen LogP contribution in [0.3, 0.4) is 0 Å². The fraction of sp³-hybridized carbons (Fsp3) is 0.231. The molecule has 0 bridgehead atoms. The van der Waals surface area contributed by atoms with E-state index in [4.69, 9.17) is 0 Å². The molecule has 1 aliphatic heterocycles. The minimum atomic E-state index is -2.94. The summed E-state index contributed by atoms with van der Waals surface area (Å²) in [6.45, 7) is 1.47. The molecular formula is C13H13F2N4P. The zero-order valence-electron chi connectivity index (χ0n) is 10.5. The third-order valence-corrected chi connectivity index (χ3v) is 3.40. The number of hydrogen-bond acceptors (Lipinski definition) is 4. The van der Waals surface area contributed by atoms with Crippen LogP contribution in [0.2, 0.25) is 0 Å². The van der Waals surface area contributed by atoms with Gasteiger partial charge < -0.3 is 10.6 Å². The van der Waals surface area contributed by atoms with E-state index in [2.05, 4.69) is 20.6 Å². The van der Waals surface area contributed by atoms with E-state index in [1.165, 1.54) is 21.4 Å². The number of hydrogen-bond donors (Lipinski definition) is 2. The lowest BCUT2D eigenvalue weighted by molar-refractivity contribution is 0.104. The van der Waals surface area contributed by atoms with Crippen molar-refractivity contribution in [3.63, 3.8) is 0 Å². The van der Waals surface area contributed by atoms with Crippen molar-refractivity contribution in [3.8, 4) is 0 Å². The molecule has 1 aromatic heterocycles. The molecule has 0 aliphatic carbocycles. The van der Waals surface area contributed by atoms with Crippen molar-refractivity contribution in [1.82, 2.24) is 15.3 Å². The monoisotopic (exact) mass is 294 g/mol. The molecule has 1 atom stereocenters. The van der Waals surface area contributed by atoms with E-state index < -0.39 is 5.66 Å². The fourth-order valence-electron chi connectivity index (χ4n) is 2.05. The van der Waals surface area contributed by atoms with Crippen LogP contribution in [0.15, 0.2) is 30.5 Å². The summed E-state index contributed by atoms with van der Waals surface area (Å²) in [6.07, 6.45) is 1.75. The van der Waals surface area contributed by atoms with E-state index in [9.17, 15) is 8.78 Å². The SMILES string of the molecule is FC(F)(P)c1cccc(Nc2ncc3c(n2)CNC3)c1. The molecule has 0 fully saturated rings. The molecule has 0 saturated carbocycles. The van der Waals surface area contributed by atoms with Crippen LogP contribution < -0.4 is 10.6 Å². The van der Waals surface area contributed by atoms with Gasteiger partial charge >= 0.3 is 0 Å². The molecular weight excluding hydrogens is 281 g/mol. The van der Waals surface area contributed by atoms with Crippen molar-refractivity contribution < 1.29 is 8.78 Å². The lowest BCUT2D eigenvalue weighted by atomic mass is 10.2. The smallest absolute Gasteiger partial charge is 0.283 e. The van der Waals surface area contributed by atoms with Crippen LogP contribution in [0.1, 0.15) is 16.8 Å². The van der Waals surface area contributed by atoms with Crippen LogP contribution in [-0.2, 0) is 18.8 Å². The van der Waals surface area contributed by atoms with Crippen molar-refractivity contribution in [2.24, 2.45) is 0 Å². The van der Waals surface area contributed by atoms with Crippen molar-refractivity contribution >= 4 is 20.9 Å². The van der Waals surface area contributed by atoms with E-state index in [-0.39, 0.29) is 5.56 Å². The normalized spacial score (nSPS) is 14.2. The molecule has 3 rings (SSSR count). The van der Waals surface area contributed by atoms with Gasteiger partial charge in [0.2, 0.25) is 5.95 Å². The van der Waals surface area contributed by atoms with Gasteiger partial charge in [-0.15, -0.1) is 0 Å². The maximum atomic E-state index is 13.2. The molecule has 4 nitrogen and oxygen atoms in total. The fourth-order valence-corrected chi connectivity index (χ4v) is 2.23. The highest BCUT2D eigenvalue weighted by Gasteiger charge is 2.24. The zero-order valence-corrected chi connectivity index (χ0v) is 11.7. The Bertz CT molecular complexity index is 643. The molecule has 20 heavy (non-hydrogen) atoms. The van der Waals surface area contributed by atoms with Crippen molar-refractivity contribution in [1.29, 1.82) is 0 Å². The minimum Gasteiger partial charge on any atom is -0.324 e. The Labute approximate surface area is 117 Å². The predicted molar refractivity (Wildman–Crippen MR) is 75.9 cm³/mol. The number of halogens is 2. The van der Waals surface area contributed by atoms with E-state index in [0.29, 0.717) is 18.2 Å². The summed E-state index contributed by atoms with van der Waals surface area (Å²) >= 11 is 0. The van der Waals surface area contributed by atoms with Gasteiger partial charge in [-0.1, -0.05) is 21.4 Å². The molecule has 0 radical (unpaired) electrons. The van der Waals surface area contributed by atoms with Gasteiger partial charge in [0.1, 0.15) is 0 Å². The van der Waals surface area contributed by atoms with Crippen LogP contribution in [0.25, 0.3) is 0 Å².